The Morgan fingerprint density at radius 2 is 1.74 bits per heavy atom. The van der Waals surface area contributed by atoms with Crippen molar-refractivity contribution < 1.29 is 15.2 Å². The molecule has 98 valence electrons. The van der Waals surface area contributed by atoms with Crippen LogP contribution in [-0.4, -0.2) is 5.97 Å². The van der Waals surface area contributed by atoms with E-state index in [2.05, 4.69) is 24.4 Å². The first-order valence-corrected chi connectivity index (χ1v) is 6.35. The number of benzene rings is 2. The normalized spacial score (nSPS) is 12.1. The Labute approximate surface area is 112 Å². The molecule has 0 spiro atoms. The van der Waals surface area contributed by atoms with E-state index in [4.69, 9.17) is 0 Å². The first-order valence-electron chi connectivity index (χ1n) is 6.35. The molecule has 2 rings (SSSR count). The maximum Gasteiger partial charge on any atom is 0.109 e. The van der Waals surface area contributed by atoms with E-state index in [9.17, 15) is 9.90 Å². The summed E-state index contributed by atoms with van der Waals surface area (Å²) in [4.78, 5) is 10.6. The van der Waals surface area contributed by atoms with Gasteiger partial charge >= 0.3 is 0 Å². The summed E-state index contributed by atoms with van der Waals surface area (Å²) in [6.07, 6.45) is 0. The molecule has 1 atom stereocenters. The third-order valence-electron chi connectivity index (χ3n) is 3.22. The Morgan fingerprint density at radius 3 is 2.32 bits per heavy atom. The molecule has 0 bridgehead atoms. The number of hydrogen-bond acceptors (Lipinski definition) is 2. The lowest BCUT2D eigenvalue weighted by atomic mass is 10.1. The van der Waals surface area contributed by atoms with Crippen LogP contribution in [0, 0.1) is 0 Å². The zero-order chi connectivity index (χ0) is 13.7. The summed E-state index contributed by atoms with van der Waals surface area (Å²) in [6.45, 7) is 2.98. The van der Waals surface area contributed by atoms with Gasteiger partial charge in [0.25, 0.3) is 0 Å². The van der Waals surface area contributed by atoms with Crippen LogP contribution in [0.5, 0.6) is 0 Å². The van der Waals surface area contributed by atoms with Gasteiger partial charge in [0.15, 0.2) is 0 Å². The number of carboxylic acids is 1. The molecule has 0 saturated heterocycles. The van der Waals surface area contributed by atoms with Crippen LogP contribution >= 0.6 is 0 Å². The molecule has 2 aromatic carbocycles. The number of quaternary nitrogens is 1. The summed E-state index contributed by atoms with van der Waals surface area (Å²) in [6, 6.07) is 17.5. The third-order valence-corrected chi connectivity index (χ3v) is 3.22. The summed E-state index contributed by atoms with van der Waals surface area (Å²) < 4.78 is 0. The number of carboxylic acid groups (broad SMARTS) is 1. The smallest absolute Gasteiger partial charge is 0.109 e. The average Bonchev–Trinajstić information content (AvgIpc) is 2.46. The number of rotatable bonds is 5. The molecular weight excluding hydrogens is 238 g/mol. The quantitative estimate of drug-likeness (QED) is 0.862. The van der Waals surface area contributed by atoms with Gasteiger partial charge in [0.1, 0.15) is 12.6 Å². The highest BCUT2D eigenvalue weighted by molar-refractivity contribution is 5.85. The van der Waals surface area contributed by atoms with Crippen molar-refractivity contribution >= 4 is 5.97 Å². The fraction of sp³-hybridized carbons (Fsp3) is 0.188. The average molecular weight is 255 g/mol. The zero-order valence-corrected chi connectivity index (χ0v) is 10.9. The molecule has 3 heteroatoms. The van der Waals surface area contributed by atoms with Crippen molar-refractivity contribution in [2.24, 2.45) is 0 Å². The van der Waals surface area contributed by atoms with Crippen molar-refractivity contribution in [3.05, 3.63) is 71.3 Å². The first kappa shape index (κ1) is 13.3. The number of nitrogens with two attached hydrogens (primary N) is 1. The lowest BCUT2D eigenvalue weighted by Crippen LogP contribution is -2.83. The second-order valence-electron chi connectivity index (χ2n) is 4.62. The highest BCUT2D eigenvalue weighted by atomic mass is 16.4. The third kappa shape index (κ3) is 3.66. The molecule has 0 aliphatic carbocycles. The van der Waals surface area contributed by atoms with Crippen molar-refractivity contribution in [2.75, 3.05) is 0 Å². The van der Waals surface area contributed by atoms with Crippen molar-refractivity contribution in [1.82, 2.24) is 0 Å². The molecule has 2 aromatic rings. The number of aromatic carboxylic acids is 1. The number of carbonyl (C=O) groups is 1. The van der Waals surface area contributed by atoms with Gasteiger partial charge in [-0.1, -0.05) is 54.6 Å². The molecule has 0 radical (unpaired) electrons. The van der Waals surface area contributed by atoms with Crippen LogP contribution in [0.1, 0.15) is 34.5 Å². The van der Waals surface area contributed by atoms with Gasteiger partial charge in [0, 0.05) is 11.1 Å². The monoisotopic (exact) mass is 255 g/mol. The summed E-state index contributed by atoms with van der Waals surface area (Å²) in [5, 5.41) is 12.9. The van der Waals surface area contributed by atoms with Gasteiger partial charge in [0.05, 0.1) is 5.97 Å². The van der Waals surface area contributed by atoms with Gasteiger partial charge in [-0.15, -0.1) is 0 Å². The van der Waals surface area contributed by atoms with E-state index in [1.807, 2.05) is 30.3 Å². The van der Waals surface area contributed by atoms with E-state index in [-0.39, 0.29) is 5.56 Å². The minimum absolute atomic E-state index is 0.222. The molecule has 2 N–H and O–H groups in total. The molecule has 0 heterocycles. The van der Waals surface area contributed by atoms with Crippen LogP contribution in [0.15, 0.2) is 54.6 Å². The molecule has 0 amide bonds. The fourth-order valence-corrected chi connectivity index (χ4v) is 1.98. The number of carbonyl (C=O) groups excluding carboxylic acids is 1. The lowest BCUT2D eigenvalue weighted by Gasteiger charge is -2.11. The minimum atomic E-state index is -1.13. The van der Waals surface area contributed by atoms with E-state index in [1.165, 1.54) is 5.56 Å². The second-order valence-corrected chi connectivity index (χ2v) is 4.62. The van der Waals surface area contributed by atoms with Crippen LogP contribution in [0.4, 0.5) is 0 Å². The van der Waals surface area contributed by atoms with Crippen molar-refractivity contribution in [2.45, 2.75) is 19.5 Å². The molecule has 19 heavy (non-hydrogen) atoms. The largest absolute Gasteiger partial charge is 0.545 e. The first-order chi connectivity index (χ1) is 9.16. The van der Waals surface area contributed by atoms with Crippen LogP contribution in [-0.2, 0) is 6.54 Å². The Bertz CT molecular complexity index is 534. The van der Waals surface area contributed by atoms with E-state index in [0.717, 1.165) is 12.1 Å². The van der Waals surface area contributed by atoms with Gasteiger partial charge < -0.3 is 15.2 Å². The minimum Gasteiger partial charge on any atom is -0.545 e. The van der Waals surface area contributed by atoms with Crippen LogP contribution in [0.3, 0.4) is 0 Å². The molecular formula is C16H17NO2. The summed E-state index contributed by atoms with van der Waals surface area (Å²) in [5.41, 5.74) is 2.61. The molecule has 0 unspecified atom stereocenters. The van der Waals surface area contributed by atoms with E-state index < -0.39 is 5.97 Å². The zero-order valence-electron chi connectivity index (χ0n) is 10.9. The van der Waals surface area contributed by atoms with Gasteiger partial charge in [-0.3, -0.25) is 0 Å². The summed E-state index contributed by atoms with van der Waals surface area (Å²) in [5.74, 6) is -1.13. The topological polar surface area (TPSA) is 56.7 Å². The van der Waals surface area contributed by atoms with E-state index >= 15 is 0 Å². The maximum absolute atomic E-state index is 10.6. The summed E-state index contributed by atoms with van der Waals surface area (Å²) in [7, 11) is 0. The van der Waals surface area contributed by atoms with E-state index in [0.29, 0.717) is 6.04 Å². The highest BCUT2D eigenvalue weighted by Crippen LogP contribution is 2.07. The highest BCUT2D eigenvalue weighted by Gasteiger charge is 2.07. The molecule has 0 aliphatic rings. The van der Waals surface area contributed by atoms with Crippen LogP contribution in [0.25, 0.3) is 0 Å². The molecule has 0 saturated carbocycles. The SMILES string of the molecule is C[C@@H]([NH2+]Cc1ccc(C(=O)[O-])cc1)c1ccccc1. The van der Waals surface area contributed by atoms with Gasteiger partial charge in [-0.2, -0.15) is 0 Å². The molecule has 0 fully saturated rings. The Kier molecular flexibility index (Phi) is 4.31. The van der Waals surface area contributed by atoms with Crippen molar-refractivity contribution in [3.8, 4) is 0 Å². The predicted molar refractivity (Wildman–Crippen MR) is 71.3 cm³/mol. The van der Waals surface area contributed by atoms with Gasteiger partial charge in [-0.25, -0.2) is 0 Å². The van der Waals surface area contributed by atoms with Crippen molar-refractivity contribution in [3.63, 3.8) is 0 Å². The molecule has 3 nitrogen and oxygen atoms in total. The maximum atomic E-state index is 10.6. The fourth-order valence-electron chi connectivity index (χ4n) is 1.98. The lowest BCUT2D eigenvalue weighted by molar-refractivity contribution is -0.707. The predicted octanol–water partition coefficient (Wildman–Crippen LogP) is 0.875. The van der Waals surface area contributed by atoms with Gasteiger partial charge in [0.2, 0.25) is 0 Å². The standard InChI is InChI=1S/C16H17NO2/c1-12(14-5-3-2-4-6-14)17-11-13-7-9-15(10-8-13)16(18)19/h2-10,12,17H,11H2,1H3,(H,18,19)/t12-/m1/s1. The molecule has 0 aromatic heterocycles. The van der Waals surface area contributed by atoms with Crippen molar-refractivity contribution in [1.29, 1.82) is 0 Å². The van der Waals surface area contributed by atoms with Crippen LogP contribution < -0.4 is 10.4 Å². The van der Waals surface area contributed by atoms with Crippen LogP contribution in [0.2, 0.25) is 0 Å². The Morgan fingerprint density at radius 1 is 1.11 bits per heavy atom. The number of hydrogen-bond donors (Lipinski definition) is 1. The molecule has 0 aliphatic heterocycles. The summed E-state index contributed by atoms with van der Waals surface area (Å²) >= 11 is 0. The Balaban J connectivity index is 1.93. The van der Waals surface area contributed by atoms with E-state index in [1.54, 1.807) is 12.1 Å². The second kappa shape index (κ2) is 6.16. The van der Waals surface area contributed by atoms with Gasteiger partial charge in [-0.05, 0) is 12.5 Å². The Hall–Kier alpha value is -2.13.